The minimum absolute atomic E-state index is 0.0318. The number of amides is 1. The first-order valence-electron chi connectivity index (χ1n) is 12.3. The average Bonchev–Trinajstić information content (AvgIpc) is 3.16. The van der Waals surface area contributed by atoms with Gasteiger partial charge in [-0.3, -0.25) is 15.0 Å². The monoisotopic (exact) mass is 504 g/mol. The lowest BCUT2D eigenvalue weighted by atomic mass is 9.84. The molecule has 2 aromatic rings. The number of anilines is 1. The van der Waals surface area contributed by atoms with Crippen molar-refractivity contribution in [2.75, 3.05) is 44.8 Å². The topological polar surface area (TPSA) is 132 Å². The van der Waals surface area contributed by atoms with Crippen molar-refractivity contribution in [1.29, 1.82) is 10.7 Å². The van der Waals surface area contributed by atoms with Crippen molar-refractivity contribution < 1.29 is 19.1 Å². The number of carbonyl (C=O) groups excluding carboxylic acids is 2. The summed E-state index contributed by atoms with van der Waals surface area (Å²) in [6, 6.07) is 7.56. The summed E-state index contributed by atoms with van der Waals surface area (Å²) in [4.78, 5) is 33.9. The third-order valence-corrected chi connectivity index (χ3v) is 6.45. The van der Waals surface area contributed by atoms with Crippen molar-refractivity contribution in [2.24, 2.45) is 0 Å². The lowest BCUT2D eigenvalue weighted by Gasteiger charge is -2.34. The molecular formula is C27H32N6O4. The van der Waals surface area contributed by atoms with Gasteiger partial charge in [0.05, 0.1) is 31.5 Å². The Bertz CT molecular complexity index is 1310. The maximum Gasteiger partial charge on any atom is 0.273 e. The number of carbonyl (C=O) groups is 2. The summed E-state index contributed by atoms with van der Waals surface area (Å²) in [7, 11) is 1.51. The van der Waals surface area contributed by atoms with Gasteiger partial charge in [-0.25, -0.2) is 4.98 Å². The minimum Gasteiger partial charge on any atom is -0.491 e. The molecule has 0 spiro atoms. The molecule has 1 amide bonds. The van der Waals surface area contributed by atoms with E-state index < -0.39 is 5.91 Å². The molecule has 0 saturated heterocycles. The maximum absolute atomic E-state index is 13.5. The molecular weight excluding hydrogens is 472 g/mol. The summed E-state index contributed by atoms with van der Waals surface area (Å²) in [5, 5.41) is 20.5. The van der Waals surface area contributed by atoms with E-state index in [9.17, 15) is 14.9 Å². The molecule has 194 valence electrons. The molecule has 3 heterocycles. The fourth-order valence-electron chi connectivity index (χ4n) is 4.59. The number of fused-ring (bicyclic) bond motifs is 2. The Kier molecular flexibility index (Phi) is 7.07. The van der Waals surface area contributed by atoms with Gasteiger partial charge < -0.3 is 24.6 Å². The predicted molar refractivity (Wildman–Crippen MR) is 139 cm³/mol. The fraction of sp³-hybridized carbons (Fsp3) is 0.444. The Morgan fingerprint density at radius 1 is 1.27 bits per heavy atom. The molecule has 0 unspecified atom stereocenters. The highest BCUT2D eigenvalue weighted by Crippen LogP contribution is 2.42. The van der Waals surface area contributed by atoms with Gasteiger partial charge in [-0.05, 0) is 30.5 Å². The fourth-order valence-corrected chi connectivity index (χ4v) is 4.59. The van der Waals surface area contributed by atoms with Crippen LogP contribution >= 0.6 is 0 Å². The zero-order valence-electron chi connectivity index (χ0n) is 21.9. The van der Waals surface area contributed by atoms with Crippen LogP contribution in [0.15, 0.2) is 18.2 Å². The van der Waals surface area contributed by atoms with Gasteiger partial charge in [0.2, 0.25) is 0 Å². The second-order valence-corrected chi connectivity index (χ2v) is 10.0. The molecule has 0 fully saturated rings. The molecule has 0 radical (unpaired) electrons. The predicted octanol–water partition coefficient (Wildman–Crippen LogP) is 2.88. The molecule has 1 aromatic carbocycles. The number of pyridine rings is 1. The first-order valence-corrected chi connectivity index (χ1v) is 12.3. The Labute approximate surface area is 216 Å². The van der Waals surface area contributed by atoms with Gasteiger partial charge in [-0.2, -0.15) is 5.26 Å². The Hall–Kier alpha value is -4.13. The molecule has 37 heavy (non-hydrogen) atoms. The standard InChI is InChI=1S/C27H32N6O4/c1-6-36-21-13-17-14-33(25(29)22(17)31-23(21)26(35)30-5)15-20(34)16-11-18(27(2,3)4)24-19(12-16)32(8-7-28)9-10-37-24/h11-13,29H,6,8-10,14-15H2,1-5H3,(H,30,35). The van der Waals surface area contributed by atoms with Crippen molar-refractivity contribution in [3.05, 3.63) is 46.3 Å². The van der Waals surface area contributed by atoms with Crippen molar-refractivity contribution >= 4 is 23.2 Å². The van der Waals surface area contributed by atoms with E-state index in [4.69, 9.17) is 14.9 Å². The Morgan fingerprint density at radius 3 is 2.68 bits per heavy atom. The van der Waals surface area contributed by atoms with Crippen LogP contribution in [-0.4, -0.2) is 67.3 Å². The number of amidine groups is 1. The third kappa shape index (κ3) is 4.94. The molecule has 0 bridgehead atoms. The van der Waals surface area contributed by atoms with Crippen LogP contribution in [0.5, 0.6) is 11.5 Å². The highest BCUT2D eigenvalue weighted by atomic mass is 16.5. The van der Waals surface area contributed by atoms with E-state index in [1.165, 1.54) is 7.05 Å². The zero-order chi connectivity index (χ0) is 26.9. The molecule has 2 N–H and O–H groups in total. The number of rotatable bonds is 7. The summed E-state index contributed by atoms with van der Waals surface area (Å²) in [5.74, 6) is 0.580. The van der Waals surface area contributed by atoms with Gasteiger partial charge in [0.25, 0.3) is 5.91 Å². The summed E-state index contributed by atoms with van der Waals surface area (Å²) < 4.78 is 11.6. The lowest BCUT2D eigenvalue weighted by molar-refractivity contribution is 0.0949. The Morgan fingerprint density at radius 2 is 2.03 bits per heavy atom. The number of nitrogens with one attached hydrogen (secondary N) is 2. The number of nitriles is 1. The number of hydrogen-bond donors (Lipinski definition) is 2. The maximum atomic E-state index is 13.5. The summed E-state index contributed by atoms with van der Waals surface area (Å²) in [6.07, 6.45) is 0. The second-order valence-electron chi connectivity index (χ2n) is 10.0. The van der Waals surface area contributed by atoms with Crippen molar-refractivity contribution in [3.8, 4) is 17.6 Å². The lowest BCUT2D eigenvalue weighted by Crippen LogP contribution is -2.35. The van der Waals surface area contributed by atoms with Crippen molar-refractivity contribution in [1.82, 2.24) is 15.2 Å². The van der Waals surface area contributed by atoms with Crippen LogP contribution in [0.4, 0.5) is 5.69 Å². The van der Waals surface area contributed by atoms with E-state index in [2.05, 4.69) is 37.1 Å². The Balaban J connectivity index is 1.65. The normalized spacial score (nSPS) is 14.4. The van der Waals surface area contributed by atoms with Crippen LogP contribution in [0, 0.1) is 16.7 Å². The highest BCUT2D eigenvalue weighted by Gasteiger charge is 2.33. The number of aromatic nitrogens is 1. The van der Waals surface area contributed by atoms with Crippen LogP contribution in [0.1, 0.15) is 65.4 Å². The van der Waals surface area contributed by atoms with E-state index in [1.54, 1.807) is 17.0 Å². The molecule has 0 aliphatic carbocycles. The van der Waals surface area contributed by atoms with Crippen LogP contribution in [0.25, 0.3) is 0 Å². The van der Waals surface area contributed by atoms with Gasteiger partial charge in [0, 0.05) is 30.3 Å². The molecule has 0 saturated carbocycles. The summed E-state index contributed by atoms with van der Waals surface area (Å²) >= 11 is 0. The van der Waals surface area contributed by atoms with Crippen LogP contribution in [0.2, 0.25) is 0 Å². The van der Waals surface area contributed by atoms with Crippen molar-refractivity contribution in [3.63, 3.8) is 0 Å². The van der Waals surface area contributed by atoms with E-state index in [1.807, 2.05) is 17.9 Å². The smallest absolute Gasteiger partial charge is 0.273 e. The molecule has 0 atom stereocenters. The van der Waals surface area contributed by atoms with E-state index in [0.29, 0.717) is 49.1 Å². The number of Topliss-reactive ketones (excluding diaryl/α,β-unsaturated/α-hetero) is 1. The van der Waals surface area contributed by atoms with Gasteiger partial charge in [-0.1, -0.05) is 20.8 Å². The number of ether oxygens (including phenoxy) is 2. The molecule has 2 aliphatic rings. The third-order valence-electron chi connectivity index (χ3n) is 6.45. The quantitative estimate of drug-likeness (QED) is 0.435. The molecule has 10 nitrogen and oxygen atoms in total. The number of hydrogen-bond acceptors (Lipinski definition) is 8. The average molecular weight is 505 g/mol. The molecule has 2 aliphatic heterocycles. The van der Waals surface area contributed by atoms with Gasteiger partial charge in [0.1, 0.15) is 30.4 Å². The zero-order valence-corrected chi connectivity index (χ0v) is 21.9. The van der Waals surface area contributed by atoms with Crippen LogP contribution in [0.3, 0.4) is 0 Å². The van der Waals surface area contributed by atoms with Crippen LogP contribution in [-0.2, 0) is 12.0 Å². The van der Waals surface area contributed by atoms with E-state index >= 15 is 0 Å². The number of benzene rings is 1. The molecule has 1 aromatic heterocycles. The van der Waals surface area contributed by atoms with E-state index in [-0.39, 0.29) is 35.8 Å². The SMILES string of the molecule is CCOc1cc2c(nc1C(=O)NC)C(=N)N(CC(=O)c1cc3c(c(C(C)(C)C)c1)OCCN3CC#N)C2. The highest BCUT2D eigenvalue weighted by molar-refractivity contribution is 6.06. The number of ketones is 1. The van der Waals surface area contributed by atoms with Crippen LogP contribution < -0.4 is 19.7 Å². The minimum atomic E-state index is -0.401. The van der Waals surface area contributed by atoms with Gasteiger partial charge in [0.15, 0.2) is 17.2 Å². The van der Waals surface area contributed by atoms with Gasteiger partial charge in [-0.15, -0.1) is 0 Å². The van der Waals surface area contributed by atoms with Crippen molar-refractivity contribution in [2.45, 2.75) is 39.7 Å². The first-order chi connectivity index (χ1) is 17.6. The first kappa shape index (κ1) is 25.9. The second kappa shape index (κ2) is 10.1. The molecule has 10 heteroatoms. The molecule has 4 rings (SSSR count). The summed E-state index contributed by atoms with van der Waals surface area (Å²) in [6.45, 7) is 9.87. The van der Waals surface area contributed by atoms with E-state index in [0.717, 1.165) is 16.8 Å². The van der Waals surface area contributed by atoms with Gasteiger partial charge >= 0.3 is 0 Å². The largest absolute Gasteiger partial charge is 0.491 e. The summed E-state index contributed by atoms with van der Waals surface area (Å²) in [5.41, 5.74) is 3.05. The number of nitrogens with zero attached hydrogens (tertiary/aromatic N) is 4.